The molecule has 2 heterocycles. The molecule has 2 aliphatic heterocycles. The molecule has 0 aromatic rings. The van der Waals surface area contributed by atoms with Crippen LogP contribution in [0.25, 0.3) is 0 Å². The Morgan fingerprint density at radius 3 is 2.56 bits per heavy atom. The predicted octanol–water partition coefficient (Wildman–Crippen LogP) is 1.72. The molecule has 2 fully saturated rings. The van der Waals surface area contributed by atoms with Crippen molar-refractivity contribution in [1.82, 2.24) is 9.62 Å². The lowest BCUT2D eigenvalue weighted by molar-refractivity contribution is 0.235. The predicted molar refractivity (Wildman–Crippen MR) is 74.1 cm³/mol. The van der Waals surface area contributed by atoms with E-state index in [9.17, 15) is 8.42 Å². The smallest absolute Gasteiger partial charge is 0.217 e. The minimum Gasteiger partial charge on any atom is -0.317 e. The molecule has 1 atom stereocenters. The largest absolute Gasteiger partial charge is 0.317 e. The first-order valence-corrected chi connectivity index (χ1v) is 8.88. The molecule has 0 saturated carbocycles. The summed E-state index contributed by atoms with van der Waals surface area (Å²) in [4.78, 5) is 0. The van der Waals surface area contributed by atoms with Crippen molar-refractivity contribution in [3.8, 4) is 0 Å². The maximum absolute atomic E-state index is 12.7. The fourth-order valence-corrected chi connectivity index (χ4v) is 5.44. The van der Waals surface area contributed by atoms with Gasteiger partial charge >= 0.3 is 0 Å². The molecular weight excluding hydrogens is 248 g/mol. The molecule has 0 aromatic heterocycles. The molecule has 0 amide bonds. The fraction of sp³-hybridized carbons (Fsp3) is 1.00. The Hall–Kier alpha value is -0.130. The molecule has 0 bridgehead atoms. The molecule has 1 unspecified atom stereocenters. The molecule has 5 heteroatoms. The van der Waals surface area contributed by atoms with E-state index < -0.39 is 10.0 Å². The minimum absolute atomic E-state index is 0.142. The monoisotopic (exact) mass is 274 g/mol. The van der Waals surface area contributed by atoms with Crippen molar-refractivity contribution >= 4 is 10.0 Å². The molecule has 0 aromatic carbocycles. The van der Waals surface area contributed by atoms with Gasteiger partial charge in [0.15, 0.2) is 0 Å². The van der Waals surface area contributed by atoms with Crippen LogP contribution in [-0.2, 0) is 10.0 Å². The first kappa shape index (κ1) is 14.3. The first-order valence-electron chi connectivity index (χ1n) is 7.37. The molecule has 2 saturated heterocycles. The van der Waals surface area contributed by atoms with Crippen molar-refractivity contribution in [3.05, 3.63) is 0 Å². The van der Waals surface area contributed by atoms with Gasteiger partial charge in [0.05, 0.1) is 5.25 Å². The van der Waals surface area contributed by atoms with Gasteiger partial charge < -0.3 is 5.32 Å². The van der Waals surface area contributed by atoms with E-state index in [0.29, 0.717) is 0 Å². The molecule has 2 rings (SSSR count). The second-order valence-electron chi connectivity index (χ2n) is 5.54. The summed E-state index contributed by atoms with van der Waals surface area (Å²) >= 11 is 0. The van der Waals surface area contributed by atoms with Gasteiger partial charge in [-0.15, -0.1) is 0 Å². The summed E-state index contributed by atoms with van der Waals surface area (Å²) in [6.07, 6.45) is 6.91. The SMILES string of the molecule is CCCC1CCCCN1S(=O)(=O)C1CCNCC1. The zero-order valence-corrected chi connectivity index (χ0v) is 12.2. The third-order valence-electron chi connectivity index (χ3n) is 4.23. The van der Waals surface area contributed by atoms with Crippen LogP contribution < -0.4 is 5.32 Å². The van der Waals surface area contributed by atoms with Crippen LogP contribution >= 0.6 is 0 Å². The number of nitrogens with zero attached hydrogens (tertiary/aromatic N) is 1. The average molecular weight is 274 g/mol. The van der Waals surface area contributed by atoms with Crippen molar-refractivity contribution in [3.63, 3.8) is 0 Å². The Bertz CT molecular complexity index is 348. The van der Waals surface area contributed by atoms with Crippen molar-refractivity contribution in [2.24, 2.45) is 0 Å². The molecule has 4 nitrogen and oxygen atoms in total. The highest BCUT2D eigenvalue weighted by Gasteiger charge is 2.37. The third-order valence-corrected chi connectivity index (χ3v) is 6.68. The van der Waals surface area contributed by atoms with Crippen molar-refractivity contribution in [2.75, 3.05) is 19.6 Å². The van der Waals surface area contributed by atoms with E-state index >= 15 is 0 Å². The minimum atomic E-state index is -3.06. The van der Waals surface area contributed by atoms with Gasteiger partial charge in [-0.2, -0.15) is 4.31 Å². The molecule has 1 N–H and O–H groups in total. The van der Waals surface area contributed by atoms with E-state index in [4.69, 9.17) is 0 Å². The van der Waals surface area contributed by atoms with E-state index in [-0.39, 0.29) is 11.3 Å². The maximum Gasteiger partial charge on any atom is 0.217 e. The lowest BCUT2D eigenvalue weighted by atomic mass is 10.0. The Morgan fingerprint density at radius 1 is 1.17 bits per heavy atom. The van der Waals surface area contributed by atoms with Crippen LogP contribution in [-0.4, -0.2) is 43.6 Å². The topological polar surface area (TPSA) is 49.4 Å². The number of hydrogen-bond acceptors (Lipinski definition) is 3. The van der Waals surface area contributed by atoms with Crippen molar-refractivity contribution in [1.29, 1.82) is 0 Å². The molecule has 2 aliphatic rings. The summed E-state index contributed by atoms with van der Waals surface area (Å²) in [5.41, 5.74) is 0. The highest BCUT2D eigenvalue weighted by molar-refractivity contribution is 7.89. The van der Waals surface area contributed by atoms with Crippen LogP contribution in [0.2, 0.25) is 0 Å². The zero-order valence-electron chi connectivity index (χ0n) is 11.4. The summed E-state index contributed by atoms with van der Waals surface area (Å²) < 4.78 is 27.3. The van der Waals surface area contributed by atoms with Crippen LogP contribution in [0, 0.1) is 0 Å². The third kappa shape index (κ3) is 3.06. The summed E-state index contributed by atoms with van der Waals surface area (Å²) in [5, 5.41) is 3.10. The van der Waals surface area contributed by atoms with Gasteiger partial charge in [0, 0.05) is 12.6 Å². The van der Waals surface area contributed by atoms with Crippen LogP contribution in [0.4, 0.5) is 0 Å². The average Bonchev–Trinajstić information content (AvgIpc) is 2.41. The van der Waals surface area contributed by atoms with Gasteiger partial charge in [0.2, 0.25) is 10.0 Å². The second kappa shape index (κ2) is 6.35. The molecule has 0 spiro atoms. The molecule has 0 aliphatic carbocycles. The quantitative estimate of drug-likeness (QED) is 0.849. The number of piperidine rings is 2. The number of rotatable bonds is 4. The van der Waals surface area contributed by atoms with E-state index in [1.54, 1.807) is 0 Å². The van der Waals surface area contributed by atoms with E-state index in [0.717, 1.165) is 58.2 Å². The van der Waals surface area contributed by atoms with Crippen LogP contribution in [0.3, 0.4) is 0 Å². The normalized spacial score (nSPS) is 28.4. The van der Waals surface area contributed by atoms with Crippen molar-refractivity contribution < 1.29 is 8.42 Å². The Balaban J connectivity index is 2.10. The van der Waals surface area contributed by atoms with E-state index in [1.165, 1.54) is 6.42 Å². The standard InChI is InChI=1S/C13H26N2O2S/c1-2-5-12-6-3-4-11-15(12)18(16,17)13-7-9-14-10-8-13/h12-14H,2-11H2,1H3. The van der Waals surface area contributed by atoms with Gasteiger partial charge in [-0.25, -0.2) is 8.42 Å². The lowest BCUT2D eigenvalue weighted by Crippen LogP contribution is -2.50. The Labute approximate surface area is 111 Å². The molecular formula is C13H26N2O2S. The highest BCUT2D eigenvalue weighted by atomic mass is 32.2. The fourth-order valence-electron chi connectivity index (χ4n) is 3.22. The number of sulfonamides is 1. The first-order chi connectivity index (χ1) is 8.66. The summed E-state index contributed by atoms with van der Waals surface area (Å²) in [5.74, 6) is 0. The van der Waals surface area contributed by atoms with Crippen LogP contribution in [0.15, 0.2) is 0 Å². The van der Waals surface area contributed by atoms with Gasteiger partial charge in [-0.3, -0.25) is 0 Å². The Kier molecular flexibility index (Phi) is 5.04. The van der Waals surface area contributed by atoms with Crippen molar-refractivity contribution in [2.45, 2.75) is 63.2 Å². The zero-order chi connectivity index (χ0) is 13.0. The van der Waals surface area contributed by atoms with Gasteiger partial charge in [0.1, 0.15) is 0 Å². The van der Waals surface area contributed by atoms with E-state index in [1.807, 2.05) is 4.31 Å². The summed E-state index contributed by atoms with van der Waals surface area (Å²) in [6, 6.07) is 0.267. The highest BCUT2D eigenvalue weighted by Crippen LogP contribution is 2.28. The van der Waals surface area contributed by atoms with Crippen LogP contribution in [0.1, 0.15) is 51.9 Å². The van der Waals surface area contributed by atoms with Gasteiger partial charge in [0.25, 0.3) is 0 Å². The number of nitrogens with one attached hydrogen (secondary N) is 1. The summed E-state index contributed by atoms with van der Waals surface area (Å²) in [7, 11) is -3.06. The molecule has 0 radical (unpaired) electrons. The number of hydrogen-bond donors (Lipinski definition) is 1. The Morgan fingerprint density at radius 2 is 1.89 bits per heavy atom. The van der Waals surface area contributed by atoms with E-state index in [2.05, 4.69) is 12.2 Å². The molecule has 106 valence electrons. The lowest BCUT2D eigenvalue weighted by Gasteiger charge is -2.38. The van der Waals surface area contributed by atoms with Gasteiger partial charge in [-0.05, 0) is 45.2 Å². The van der Waals surface area contributed by atoms with Crippen LogP contribution in [0.5, 0.6) is 0 Å². The second-order valence-corrected chi connectivity index (χ2v) is 7.71. The summed E-state index contributed by atoms with van der Waals surface area (Å²) in [6.45, 7) is 4.58. The maximum atomic E-state index is 12.7. The van der Waals surface area contributed by atoms with Gasteiger partial charge in [-0.1, -0.05) is 19.8 Å². The molecule has 18 heavy (non-hydrogen) atoms.